The maximum Gasteiger partial charge on any atom is 0.0737 e. The lowest BCUT2D eigenvalue weighted by Gasteiger charge is -2.23. The standard InChI is InChI=1S/C23H26Cl3N3/c1-17(28-22-10-13-27-23-16-19(26)6-9-21(22)23)2-3-18-4-7-20(8-5-18)29(14-11-24)15-12-25/h4-10,13,16-17H,2-3,11-12,14-15H2,1H3,(H,27,28). The number of rotatable bonds is 10. The molecule has 1 heterocycles. The van der Waals surface area contributed by atoms with E-state index >= 15 is 0 Å². The Morgan fingerprint density at radius 1 is 1.00 bits per heavy atom. The number of aromatic nitrogens is 1. The van der Waals surface area contributed by atoms with Crippen molar-refractivity contribution in [3.8, 4) is 0 Å². The molecule has 3 aromatic rings. The average molecular weight is 451 g/mol. The molecule has 154 valence electrons. The normalized spacial score (nSPS) is 12.1. The Bertz CT molecular complexity index is 909. The van der Waals surface area contributed by atoms with Gasteiger partial charge in [0, 0.05) is 58.9 Å². The summed E-state index contributed by atoms with van der Waals surface area (Å²) in [5.41, 5.74) is 4.49. The van der Waals surface area contributed by atoms with Crippen molar-refractivity contribution in [2.45, 2.75) is 25.8 Å². The van der Waals surface area contributed by atoms with Crippen molar-refractivity contribution in [2.75, 3.05) is 35.1 Å². The number of pyridine rings is 1. The van der Waals surface area contributed by atoms with E-state index in [1.165, 1.54) is 11.3 Å². The van der Waals surface area contributed by atoms with E-state index in [0.29, 0.717) is 22.8 Å². The van der Waals surface area contributed by atoms with Crippen molar-refractivity contribution in [3.63, 3.8) is 0 Å². The molecule has 3 nitrogen and oxygen atoms in total. The minimum absolute atomic E-state index is 0.333. The molecule has 0 amide bonds. The number of fused-ring (bicyclic) bond motifs is 1. The highest BCUT2D eigenvalue weighted by molar-refractivity contribution is 6.31. The maximum absolute atomic E-state index is 6.08. The third-order valence-corrected chi connectivity index (χ3v) is 5.56. The summed E-state index contributed by atoms with van der Waals surface area (Å²) < 4.78 is 0. The third-order valence-electron chi connectivity index (χ3n) is 4.98. The number of alkyl halides is 2. The Balaban J connectivity index is 1.59. The molecule has 0 aliphatic heterocycles. The van der Waals surface area contributed by atoms with E-state index in [0.717, 1.165) is 42.5 Å². The van der Waals surface area contributed by atoms with Crippen LogP contribution < -0.4 is 10.2 Å². The smallest absolute Gasteiger partial charge is 0.0737 e. The number of hydrogen-bond donors (Lipinski definition) is 1. The van der Waals surface area contributed by atoms with Gasteiger partial charge in [-0.3, -0.25) is 4.98 Å². The number of hydrogen-bond acceptors (Lipinski definition) is 3. The number of aryl methyl sites for hydroxylation is 1. The summed E-state index contributed by atoms with van der Waals surface area (Å²) in [5, 5.41) is 5.41. The topological polar surface area (TPSA) is 28.2 Å². The predicted octanol–water partition coefficient (Wildman–Crippen LogP) is 6.61. The Kier molecular flexibility index (Phi) is 8.29. The molecular formula is C23H26Cl3N3. The lowest BCUT2D eigenvalue weighted by Crippen LogP contribution is -2.27. The molecule has 0 radical (unpaired) electrons. The molecule has 0 fully saturated rings. The van der Waals surface area contributed by atoms with Crippen LogP contribution in [0.5, 0.6) is 0 Å². The fourth-order valence-corrected chi connectivity index (χ4v) is 3.99. The van der Waals surface area contributed by atoms with Gasteiger partial charge < -0.3 is 10.2 Å². The molecule has 0 spiro atoms. The van der Waals surface area contributed by atoms with E-state index in [9.17, 15) is 0 Å². The van der Waals surface area contributed by atoms with Gasteiger partial charge in [0.25, 0.3) is 0 Å². The predicted molar refractivity (Wildman–Crippen MR) is 128 cm³/mol. The maximum atomic E-state index is 6.08. The second-order valence-corrected chi connectivity index (χ2v) is 8.33. The number of nitrogens with one attached hydrogen (secondary N) is 1. The zero-order valence-corrected chi connectivity index (χ0v) is 18.8. The fourth-order valence-electron chi connectivity index (χ4n) is 3.42. The first kappa shape index (κ1) is 22.0. The van der Waals surface area contributed by atoms with Crippen molar-refractivity contribution >= 4 is 57.1 Å². The van der Waals surface area contributed by atoms with Crippen LogP contribution in [0.4, 0.5) is 11.4 Å². The highest BCUT2D eigenvalue weighted by Gasteiger charge is 2.08. The van der Waals surface area contributed by atoms with Crippen molar-refractivity contribution in [1.29, 1.82) is 0 Å². The monoisotopic (exact) mass is 449 g/mol. The van der Waals surface area contributed by atoms with Gasteiger partial charge in [0.15, 0.2) is 0 Å². The molecule has 1 aromatic heterocycles. The highest BCUT2D eigenvalue weighted by Crippen LogP contribution is 2.25. The van der Waals surface area contributed by atoms with Gasteiger partial charge in [-0.2, -0.15) is 0 Å². The first-order valence-electron chi connectivity index (χ1n) is 9.87. The molecule has 1 N–H and O–H groups in total. The van der Waals surface area contributed by atoms with Crippen LogP contribution in [-0.2, 0) is 6.42 Å². The molecule has 6 heteroatoms. The Labute approximate surface area is 188 Å². The highest BCUT2D eigenvalue weighted by atomic mass is 35.5. The van der Waals surface area contributed by atoms with Crippen LogP contribution >= 0.6 is 34.8 Å². The summed E-state index contributed by atoms with van der Waals surface area (Å²) in [7, 11) is 0. The summed E-state index contributed by atoms with van der Waals surface area (Å²) in [6, 6.07) is 16.9. The SMILES string of the molecule is CC(CCc1ccc(N(CCCl)CCCl)cc1)Nc1ccnc2cc(Cl)ccc12. The summed E-state index contributed by atoms with van der Waals surface area (Å²) in [6.45, 7) is 3.82. The van der Waals surface area contributed by atoms with Gasteiger partial charge in [-0.25, -0.2) is 0 Å². The Morgan fingerprint density at radius 2 is 1.72 bits per heavy atom. The second-order valence-electron chi connectivity index (χ2n) is 7.14. The van der Waals surface area contributed by atoms with Crippen LogP contribution in [0.3, 0.4) is 0 Å². The minimum atomic E-state index is 0.333. The Hall–Kier alpha value is -1.68. The van der Waals surface area contributed by atoms with Crippen LogP contribution in [0.1, 0.15) is 18.9 Å². The average Bonchev–Trinajstić information content (AvgIpc) is 2.72. The van der Waals surface area contributed by atoms with E-state index in [-0.39, 0.29) is 0 Å². The first-order chi connectivity index (χ1) is 14.1. The lowest BCUT2D eigenvalue weighted by molar-refractivity contribution is 0.707. The van der Waals surface area contributed by atoms with Gasteiger partial charge in [0.05, 0.1) is 5.52 Å². The van der Waals surface area contributed by atoms with Crippen LogP contribution in [0.15, 0.2) is 54.7 Å². The van der Waals surface area contributed by atoms with Crippen molar-refractivity contribution in [3.05, 3.63) is 65.3 Å². The third kappa shape index (κ3) is 6.15. The zero-order valence-electron chi connectivity index (χ0n) is 16.5. The molecular weight excluding hydrogens is 425 g/mol. The molecule has 1 atom stereocenters. The summed E-state index contributed by atoms with van der Waals surface area (Å²) >= 11 is 17.9. The zero-order chi connectivity index (χ0) is 20.6. The molecule has 0 bridgehead atoms. The molecule has 1 unspecified atom stereocenters. The quantitative estimate of drug-likeness (QED) is 0.352. The fraction of sp³-hybridized carbons (Fsp3) is 0.348. The number of anilines is 2. The van der Waals surface area contributed by atoms with Crippen molar-refractivity contribution < 1.29 is 0 Å². The second kappa shape index (κ2) is 10.9. The van der Waals surface area contributed by atoms with Crippen LogP contribution in [-0.4, -0.2) is 35.9 Å². The van der Waals surface area contributed by atoms with Gasteiger partial charge in [-0.15, -0.1) is 23.2 Å². The van der Waals surface area contributed by atoms with Crippen molar-refractivity contribution in [1.82, 2.24) is 4.98 Å². The van der Waals surface area contributed by atoms with Crippen LogP contribution in [0.25, 0.3) is 10.9 Å². The summed E-state index contributed by atoms with van der Waals surface area (Å²) in [5.74, 6) is 1.19. The molecule has 0 aliphatic rings. The number of benzene rings is 2. The van der Waals surface area contributed by atoms with E-state index in [2.05, 4.69) is 46.4 Å². The van der Waals surface area contributed by atoms with Gasteiger partial charge >= 0.3 is 0 Å². The lowest BCUT2D eigenvalue weighted by atomic mass is 10.0. The van der Waals surface area contributed by atoms with Crippen LogP contribution in [0, 0.1) is 0 Å². The first-order valence-corrected chi connectivity index (χ1v) is 11.3. The molecule has 0 aliphatic carbocycles. The van der Waals surface area contributed by atoms with Gasteiger partial charge in [-0.1, -0.05) is 23.7 Å². The van der Waals surface area contributed by atoms with E-state index in [1.54, 1.807) is 0 Å². The van der Waals surface area contributed by atoms with E-state index in [4.69, 9.17) is 34.8 Å². The molecule has 0 saturated heterocycles. The molecule has 3 rings (SSSR count). The van der Waals surface area contributed by atoms with Gasteiger partial charge in [0.1, 0.15) is 0 Å². The summed E-state index contributed by atoms with van der Waals surface area (Å²) in [4.78, 5) is 6.62. The van der Waals surface area contributed by atoms with Crippen molar-refractivity contribution in [2.24, 2.45) is 0 Å². The van der Waals surface area contributed by atoms with Gasteiger partial charge in [0.2, 0.25) is 0 Å². The molecule has 29 heavy (non-hydrogen) atoms. The largest absolute Gasteiger partial charge is 0.382 e. The van der Waals surface area contributed by atoms with E-state index in [1.807, 2.05) is 30.5 Å². The number of nitrogens with zero attached hydrogens (tertiary/aromatic N) is 2. The molecule has 2 aromatic carbocycles. The van der Waals surface area contributed by atoms with E-state index < -0.39 is 0 Å². The van der Waals surface area contributed by atoms with Gasteiger partial charge in [-0.05, 0) is 61.7 Å². The molecule has 0 saturated carbocycles. The Morgan fingerprint density at radius 3 is 2.41 bits per heavy atom. The number of halogens is 3. The summed E-state index contributed by atoms with van der Waals surface area (Å²) in [6.07, 6.45) is 3.86. The van der Waals surface area contributed by atoms with Crippen LogP contribution in [0.2, 0.25) is 5.02 Å². The minimum Gasteiger partial charge on any atom is -0.382 e.